The number of rotatable bonds is 16. The quantitative estimate of drug-likeness (QED) is 0.104. The molecule has 0 bridgehead atoms. The second kappa shape index (κ2) is 22.2. The lowest BCUT2D eigenvalue weighted by atomic mass is 9.75. The zero-order valence-electron chi connectivity index (χ0n) is 40.3. The Morgan fingerprint density at radius 3 is 1.83 bits per heavy atom. The van der Waals surface area contributed by atoms with Crippen LogP contribution in [0.5, 0.6) is 0 Å². The topological polar surface area (TPSA) is 111 Å². The molecule has 7 atom stereocenters. The lowest BCUT2D eigenvalue weighted by Crippen LogP contribution is -2.48. The van der Waals surface area contributed by atoms with Gasteiger partial charge in [0.25, 0.3) is 0 Å². The van der Waals surface area contributed by atoms with Gasteiger partial charge in [-0.3, -0.25) is 0 Å². The van der Waals surface area contributed by atoms with E-state index in [1.807, 2.05) is 20.8 Å². The van der Waals surface area contributed by atoms with E-state index in [1.54, 1.807) is 18.2 Å². The number of halogens is 3. The van der Waals surface area contributed by atoms with Crippen LogP contribution < -0.4 is 16.4 Å². The number of hydrogen-bond donors (Lipinski definition) is 0. The molecular formula is C52H62B3F3O12. The van der Waals surface area contributed by atoms with Crippen LogP contribution in [0, 0.1) is 23.4 Å². The Morgan fingerprint density at radius 2 is 1.16 bits per heavy atom. The Balaban J connectivity index is 0.745. The van der Waals surface area contributed by atoms with Gasteiger partial charge in [0.05, 0.1) is 63.6 Å². The minimum atomic E-state index is -0.773. The molecule has 0 spiro atoms. The van der Waals surface area contributed by atoms with Crippen molar-refractivity contribution < 1.29 is 69.5 Å². The summed E-state index contributed by atoms with van der Waals surface area (Å²) >= 11 is 0. The number of hydrogen-bond acceptors (Lipinski definition) is 12. The van der Waals surface area contributed by atoms with Crippen molar-refractivity contribution in [3.05, 3.63) is 124 Å². The fraction of sp³-hybridized carbons (Fsp3) is 0.538. The molecule has 0 aromatic heterocycles. The van der Waals surface area contributed by atoms with E-state index in [9.17, 15) is 13.2 Å². The van der Waals surface area contributed by atoms with Gasteiger partial charge in [-0.25, -0.2) is 13.2 Å². The Kier molecular flexibility index (Phi) is 15.9. The first kappa shape index (κ1) is 49.9. The number of ether oxygens (including phenoxy) is 6. The van der Waals surface area contributed by atoms with Crippen LogP contribution in [-0.4, -0.2) is 91.1 Å². The minimum absolute atomic E-state index is 0.0662. The van der Waals surface area contributed by atoms with Crippen molar-refractivity contribution in [3.8, 4) is 0 Å². The normalized spacial score (nSPS) is 28.2. The monoisotopic (exact) mass is 968 g/mol. The van der Waals surface area contributed by atoms with Crippen LogP contribution in [-0.2, 0) is 76.2 Å². The van der Waals surface area contributed by atoms with Gasteiger partial charge < -0.3 is 56.3 Å². The predicted molar refractivity (Wildman–Crippen MR) is 255 cm³/mol. The maximum absolute atomic E-state index is 14.9. The molecule has 0 amide bonds. The van der Waals surface area contributed by atoms with Gasteiger partial charge in [-0.2, -0.15) is 0 Å². The Labute approximate surface area is 409 Å². The van der Waals surface area contributed by atoms with E-state index in [0.29, 0.717) is 80.1 Å². The molecule has 6 heterocycles. The predicted octanol–water partition coefficient (Wildman–Crippen LogP) is 7.45. The second-order valence-corrected chi connectivity index (χ2v) is 20.0. The Hall–Kier alpha value is -3.62. The molecule has 372 valence electrons. The van der Waals surface area contributed by atoms with Gasteiger partial charge in [-0.15, -0.1) is 0 Å². The molecule has 4 aromatic rings. The van der Waals surface area contributed by atoms with E-state index in [4.69, 9.17) is 56.3 Å². The van der Waals surface area contributed by atoms with Crippen LogP contribution in [0.2, 0.25) is 0 Å². The van der Waals surface area contributed by atoms with Crippen molar-refractivity contribution in [1.29, 1.82) is 0 Å². The molecule has 0 N–H and O–H groups in total. The van der Waals surface area contributed by atoms with Gasteiger partial charge in [-0.1, -0.05) is 42.5 Å². The first-order valence-electron chi connectivity index (χ1n) is 25.0. The second-order valence-electron chi connectivity index (χ2n) is 20.0. The van der Waals surface area contributed by atoms with E-state index >= 15 is 0 Å². The molecule has 0 aliphatic carbocycles. The van der Waals surface area contributed by atoms with Crippen LogP contribution in [0.25, 0.3) is 0 Å². The highest BCUT2D eigenvalue weighted by molar-refractivity contribution is 6.63. The smallest absolute Gasteiger partial charge is 0.405 e. The summed E-state index contributed by atoms with van der Waals surface area (Å²) in [6.07, 6.45) is 4.86. The standard InChI is InChI=1S/C52H62B3F3O12/c1-51(2)52(3,70-55(69-51)46-18-15-43(58)26-39(46)30-62-48-8-4-5-20-59-48)29-37-7-6-21-61-50(37)64-32-40-27-42(57)14-17-45(40)54-67-33-47(68-54)35-11-9-34(10-12-35)36-19-22-60-49(28-36)63-31-38-25-41(56)13-16-44(38)53-65-23-24-66-53/h9-18,25-27,36-37,47-50H,4-8,19-24,28-33H2,1-3H3. The van der Waals surface area contributed by atoms with Gasteiger partial charge in [0.1, 0.15) is 17.5 Å². The molecule has 6 aliphatic heterocycles. The van der Waals surface area contributed by atoms with E-state index in [1.165, 1.54) is 36.4 Å². The highest BCUT2D eigenvalue weighted by Crippen LogP contribution is 2.44. The fourth-order valence-electron chi connectivity index (χ4n) is 10.5. The summed E-state index contributed by atoms with van der Waals surface area (Å²) in [5, 5.41) is 0. The highest BCUT2D eigenvalue weighted by atomic mass is 19.1. The van der Waals surface area contributed by atoms with E-state index in [0.717, 1.165) is 55.1 Å². The fourth-order valence-corrected chi connectivity index (χ4v) is 10.5. The van der Waals surface area contributed by atoms with Crippen molar-refractivity contribution in [2.24, 2.45) is 5.92 Å². The average Bonchev–Trinajstić information content (AvgIpc) is 4.14. The van der Waals surface area contributed by atoms with E-state index in [-0.39, 0.29) is 55.7 Å². The van der Waals surface area contributed by atoms with Gasteiger partial charge >= 0.3 is 21.4 Å². The van der Waals surface area contributed by atoms with Crippen molar-refractivity contribution in [1.82, 2.24) is 0 Å². The molecule has 12 nitrogen and oxygen atoms in total. The van der Waals surface area contributed by atoms with E-state index < -0.39 is 51.0 Å². The molecule has 0 radical (unpaired) electrons. The van der Waals surface area contributed by atoms with Crippen molar-refractivity contribution in [2.45, 2.75) is 134 Å². The summed E-state index contributed by atoms with van der Waals surface area (Å²) < 4.78 is 118. The Morgan fingerprint density at radius 1 is 0.557 bits per heavy atom. The van der Waals surface area contributed by atoms with Crippen molar-refractivity contribution in [3.63, 3.8) is 0 Å². The summed E-state index contributed by atoms with van der Waals surface area (Å²) in [6, 6.07) is 22.1. The maximum atomic E-state index is 14.9. The van der Waals surface area contributed by atoms with Gasteiger partial charge in [0.2, 0.25) is 0 Å². The molecule has 18 heteroatoms. The molecule has 6 saturated heterocycles. The summed E-state index contributed by atoms with van der Waals surface area (Å²) in [6.45, 7) is 9.51. The van der Waals surface area contributed by atoms with Crippen molar-refractivity contribution in [2.75, 3.05) is 39.6 Å². The summed E-state index contributed by atoms with van der Waals surface area (Å²) in [5.74, 6) is -0.963. The van der Waals surface area contributed by atoms with Crippen LogP contribution >= 0.6 is 0 Å². The average molecular weight is 968 g/mol. The molecule has 7 unspecified atom stereocenters. The zero-order chi connectivity index (χ0) is 48.2. The molecule has 6 fully saturated rings. The Bertz CT molecular complexity index is 2390. The molecule has 10 rings (SSSR count). The summed E-state index contributed by atoms with van der Waals surface area (Å²) in [4.78, 5) is 0. The van der Waals surface area contributed by atoms with Gasteiger partial charge in [0.15, 0.2) is 18.9 Å². The SMILES string of the molecule is CC1(C)OB(c2ccc(F)cc2COC2CCCCO2)OC1(C)CC1CCCOC1OCc1cc(F)ccc1B1OCC(c2ccc(C3CCOC(OCc4cc(F)ccc4B4OCCO4)C3)cc2)O1. The molecule has 0 saturated carbocycles. The van der Waals surface area contributed by atoms with E-state index in [2.05, 4.69) is 24.3 Å². The van der Waals surface area contributed by atoms with Gasteiger partial charge in [-0.05, 0) is 152 Å². The van der Waals surface area contributed by atoms with Crippen LogP contribution in [0.15, 0.2) is 78.9 Å². The number of benzene rings is 4. The van der Waals surface area contributed by atoms with Crippen LogP contribution in [0.3, 0.4) is 0 Å². The zero-order valence-corrected chi connectivity index (χ0v) is 40.3. The van der Waals surface area contributed by atoms with Crippen LogP contribution in [0.4, 0.5) is 13.2 Å². The third-order valence-corrected chi connectivity index (χ3v) is 14.9. The minimum Gasteiger partial charge on any atom is -0.405 e. The van der Waals surface area contributed by atoms with Gasteiger partial charge in [0, 0.05) is 25.6 Å². The lowest BCUT2D eigenvalue weighted by Gasteiger charge is -2.42. The third-order valence-electron chi connectivity index (χ3n) is 14.9. The lowest BCUT2D eigenvalue weighted by molar-refractivity contribution is -0.209. The van der Waals surface area contributed by atoms with Crippen LogP contribution in [0.1, 0.15) is 112 Å². The first-order valence-corrected chi connectivity index (χ1v) is 25.0. The highest BCUT2D eigenvalue weighted by Gasteiger charge is 2.56. The molecular weight excluding hydrogens is 906 g/mol. The third kappa shape index (κ3) is 11.6. The molecule has 4 aromatic carbocycles. The first-order chi connectivity index (χ1) is 34.0. The summed E-state index contributed by atoms with van der Waals surface area (Å²) in [7, 11) is -2.01. The molecule has 70 heavy (non-hydrogen) atoms. The molecule has 6 aliphatic rings. The maximum Gasteiger partial charge on any atom is 0.495 e. The van der Waals surface area contributed by atoms with Crippen molar-refractivity contribution >= 4 is 37.7 Å². The summed E-state index contributed by atoms with van der Waals surface area (Å²) in [5.41, 5.74) is 4.72. The largest absolute Gasteiger partial charge is 0.495 e.